The number of likely N-dealkylation sites (N-methyl/N-ethyl adjacent to an activating group) is 1. The standard InChI is InChI=1S/C33H31Cl2N5O6/c1-4-45-31(44)16-29(42)39-27-14-9-21(17-36-27)10-15-28(41)37-18-30(43)40(3)25-13-12-24(34)23(32(25)35)19-46-26-7-5-6-22-11-8-20(2)38-33(22)26/h5-15,17H,4,16,18-19H2,1-3H3,(H,37,41)(H,36,39,42)/b15-10+. The van der Waals surface area contributed by atoms with Crippen molar-refractivity contribution >= 4 is 75.4 Å². The van der Waals surface area contributed by atoms with Crippen molar-refractivity contribution in [1.82, 2.24) is 15.3 Å². The number of aryl methyl sites for hydroxylation is 1. The lowest BCUT2D eigenvalue weighted by atomic mass is 10.1. The number of anilines is 2. The molecule has 0 aliphatic heterocycles. The van der Waals surface area contributed by atoms with Crippen LogP contribution in [0.25, 0.3) is 17.0 Å². The summed E-state index contributed by atoms with van der Waals surface area (Å²) in [5, 5.41) is 6.58. The maximum atomic E-state index is 12.9. The molecule has 0 aliphatic rings. The largest absolute Gasteiger partial charge is 0.487 e. The van der Waals surface area contributed by atoms with Crippen molar-refractivity contribution in [3.8, 4) is 5.75 Å². The first kappa shape index (κ1) is 33.9. The first-order valence-corrected chi connectivity index (χ1v) is 14.9. The number of para-hydroxylation sites is 1. The Morgan fingerprint density at radius 1 is 1.02 bits per heavy atom. The molecule has 0 atom stereocenters. The van der Waals surface area contributed by atoms with Gasteiger partial charge in [-0.25, -0.2) is 9.97 Å². The van der Waals surface area contributed by atoms with Crippen LogP contribution in [0.15, 0.2) is 66.9 Å². The van der Waals surface area contributed by atoms with Gasteiger partial charge in [0.15, 0.2) is 0 Å². The van der Waals surface area contributed by atoms with Crippen molar-refractivity contribution in [2.75, 3.05) is 30.4 Å². The van der Waals surface area contributed by atoms with Gasteiger partial charge in [0, 0.05) is 41.0 Å². The molecule has 0 saturated heterocycles. The number of hydrogen-bond acceptors (Lipinski definition) is 8. The molecule has 2 heterocycles. The molecule has 3 amide bonds. The molecular weight excluding hydrogens is 633 g/mol. The minimum Gasteiger partial charge on any atom is -0.487 e. The topological polar surface area (TPSA) is 140 Å². The molecule has 0 aliphatic carbocycles. The Hall–Kier alpha value is -5.00. The van der Waals surface area contributed by atoms with Gasteiger partial charge in [0.25, 0.3) is 0 Å². The molecule has 0 radical (unpaired) electrons. The molecule has 0 fully saturated rings. The van der Waals surface area contributed by atoms with E-state index in [1.807, 2.05) is 37.3 Å². The fraction of sp³-hybridized carbons (Fsp3) is 0.212. The Balaban J connectivity index is 1.32. The summed E-state index contributed by atoms with van der Waals surface area (Å²) in [5.41, 5.74) is 3.03. The Kier molecular flexibility index (Phi) is 11.7. The highest BCUT2D eigenvalue weighted by atomic mass is 35.5. The number of nitrogens with zero attached hydrogens (tertiary/aromatic N) is 3. The van der Waals surface area contributed by atoms with Gasteiger partial charge < -0.3 is 25.0 Å². The number of fused-ring (bicyclic) bond motifs is 1. The van der Waals surface area contributed by atoms with Crippen LogP contribution in [0, 0.1) is 6.92 Å². The zero-order chi connectivity index (χ0) is 33.2. The van der Waals surface area contributed by atoms with E-state index in [1.165, 1.54) is 29.3 Å². The van der Waals surface area contributed by atoms with E-state index in [1.54, 1.807) is 32.2 Å². The number of benzene rings is 2. The summed E-state index contributed by atoms with van der Waals surface area (Å²) in [6, 6.07) is 15.9. The van der Waals surface area contributed by atoms with Crippen LogP contribution in [0.2, 0.25) is 10.0 Å². The lowest BCUT2D eigenvalue weighted by Gasteiger charge is -2.21. The molecule has 2 aromatic carbocycles. The average Bonchev–Trinajstić information content (AvgIpc) is 3.03. The maximum Gasteiger partial charge on any atom is 0.315 e. The normalized spacial score (nSPS) is 10.9. The number of rotatable bonds is 12. The maximum absolute atomic E-state index is 12.9. The molecule has 0 bridgehead atoms. The first-order chi connectivity index (χ1) is 22.0. The predicted molar refractivity (Wildman–Crippen MR) is 177 cm³/mol. The summed E-state index contributed by atoms with van der Waals surface area (Å²) >= 11 is 13.1. The number of ether oxygens (including phenoxy) is 2. The Morgan fingerprint density at radius 2 is 1.83 bits per heavy atom. The van der Waals surface area contributed by atoms with Gasteiger partial charge >= 0.3 is 5.97 Å². The molecule has 0 spiro atoms. The summed E-state index contributed by atoms with van der Waals surface area (Å²) < 4.78 is 10.8. The summed E-state index contributed by atoms with van der Waals surface area (Å²) in [7, 11) is 1.54. The molecule has 0 unspecified atom stereocenters. The van der Waals surface area contributed by atoms with E-state index in [9.17, 15) is 19.2 Å². The van der Waals surface area contributed by atoms with Gasteiger partial charge in [-0.3, -0.25) is 19.2 Å². The predicted octanol–water partition coefficient (Wildman–Crippen LogP) is 5.51. The Labute approximate surface area is 275 Å². The van der Waals surface area contributed by atoms with Crippen molar-refractivity contribution < 1.29 is 28.7 Å². The van der Waals surface area contributed by atoms with Crippen molar-refractivity contribution in [3.05, 3.63) is 93.7 Å². The van der Waals surface area contributed by atoms with Crippen LogP contribution >= 0.6 is 23.2 Å². The zero-order valence-corrected chi connectivity index (χ0v) is 26.8. The first-order valence-electron chi connectivity index (χ1n) is 14.2. The second-order valence-electron chi connectivity index (χ2n) is 9.94. The number of nitrogens with one attached hydrogen (secondary N) is 2. The number of hydrogen-bond donors (Lipinski definition) is 2. The number of pyridine rings is 2. The average molecular weight is 665 g/mol. The number of amides is 3. The molecule has 4 rings (SSSR count). The number of halogens is 2. The lowest BCUT2D eigenvalue weighted by molar-refractivity contribution is -0.145. The molecule has 46 heavy (non-hydrogen) atoms. The second kappa shape index (κ2) is 15.8. The van der Waals surface area contributed by atoms with Crippen molar-refractivity contribution in [2.45, 2.75) is 26.9 Å². The van der Waals surface area contributed by atoms with Crippen LogP contribution in [0.1, 0.15) is 30.2 Å². The summed E-state index contributed by atoms with van der Waals surface area (Å²) in [6.45, 7) is 3.48. The van der Waals surface area contributed by atoms with Gasteiger partial charge in [0.05, 0.1) is 23.9 Å². The molecule has 0 saturated carbocycles. The van der Waals surface area contributed by atoms with Crippen molar-refractivity contribution in [3.63, 3.8) is 0 Å². The molecule has 2 N–H and O–H groups in total. The summed E-state index contributed by atoms with van der Waals surface area (Å²) in [5.74, 6) is -1.31. The van der Waals surface area contributed by atoms with E-state index < -0.39 is 30.1 Å². The van der Waals surface area contributed by atoms with Crippen molar-refractivity contribution in [2.24, 2.45) is 0 Å². The van der Waals surface area contributed by atoms with Gasteiger partial charge in [-0.2, -0.15) is 0 Å². The number of carbonyl (C=O) groups excluding carboxylic acids is 4. The smallest absolute Gasteiger partial charge is 0.315 e. The summed E-state index contributed by atoms with van der Waals surface area (Å²) in [4.78, 5) is 58.6. The lowest BCUT2D eigenvalue weighted by Crippen LogP contribution is -2.37. The van der Waals surface area contributed by atoms with Gasteiger partial charge in [-0.05, 0) is 61.9 Å². The quantitative estimate of drug-likeness (QED) is 0.115. The molecule has 11 nitrogen and oxygen atoms in total. The van der Waals surface area contributed by atoms with E-state index in [2.05, 4.69) is 20.6 Å². The van der Waals surface area contributed by atoms with Crippen LogP contribution in [0.5, 0.6) is 5.75 Å². The molecule has 13 heteroatoms. The van der Waals surface area contributed by atoms with Crippen molar-refractivity contribution in [1.29, 1.82) is 0 Å². The SMILES string of the molecule is CCOC(=O)CC(=O)Nc1ccc(/C=C/C(=O)NCC(=O)N(C)c2ccc(Cl)c(COc3cccc4ccc(C)nc34)c2Cl)cn1. The van der Waals surface area contributed by atoms with Crippen LogP contribution in [-0.2, 0) is 30.5 Å². The van der Waals surface area contributed by atoms with E-state index in [0.29, 0.717) is 33.1 Å². The van der Waals surface area contributed by atoms with E-state index in [0.717, 1.165) is 11.1 Å². The third kappa shape index (κ3) is 9.02. The van der Waals surface area contributed by atoms with E-state index >= 15 is 0 Å². The highest BCUT2D eigenvalue weighted by Crippen LogP contribution is 2.35. The Morgan fingerprint density at radius 3 is 2.57 bits per heavy atom. The van der Waals surface area contributed by atoms with E-state index in [4.69, 9.17) is 32.7 Å². The van der Waals surface area contributed by atoms with Crippen LogP contribution < -0.4 is 20.3 Å². The minimum absolute atomic E-state index is 0.0413. The fourth-order valence-corrected chi connectivity index (χ4v) is 4.82. The van der Waals surface area contributed by atoms with Gasteiger partial charge in [0.2, 0.25) is 17.7 Å². The second-order valence-corrected chi connectivity index (χ2v) is 10.7. The highest BCUT2D eigenvalue weighted by Gasteiger charge is 2.19. The molecule has 238 valence electrons. The number of carbonyl (C=O) groups is 4. The van der Waals surface area contributed by atoms with Crippen LogP contribution in [0.4, 0.5) is 11.5 Å². The zero-order valence-electron chi connectivity index (χ0n) is 25.3. The third-order valence-electron chi connectivity index (χ3n) is 6.60. The molecular formula is C33H31Cl2N5O6. The number of aromatic nitrogens is 2. The van der Waals surface area contributed by atoms with Crippen LogP contribution in [-0.4, -0.2) is 53.9 Å². The monoisotopic (exact) mass is 663 g/mol. The fourth-order valence-electron chi connectivity index (χ4n) is 4.21. The number of esters is 1. The molecule has 2 aromatic heterocycles. The van der Waals surface area contributed by atoms with Gasteiger partial charge in [0.1, 0.15) is 30.1 Å². The van der Waals surface area contributed by atoms with E-state index in [-0.39, 0.29) is 30.6 Å². The third-order valence-corrected chi connectivity index (χ3v) is 7.38. The van der Waals surface area contributed by atoms with Gasteiger partial charge in [-0.1, -0.05) is 41.4 Å². The highest BCUT2D eigenvalue weighted by molar-refractivity contribution is 6.38. The summed E-state index contributed by atoms with van der Waals surface area (Å²) in [6.07, 6.45) is 3.76. The Bertz CT molecular complexity index is 1800. The van der Waals surface area contributed by atoms with Gasteiger partial charge in [-0.15, -0.1) is 0 Å². The molecule has 4 aromatic rings. The minimum atomic E-state index is -0.633. The van der Waals surface area contributed by atoms with Crippen LogP contribution in [0.3, 0.4) is 0 Å².